The van der Waals surface area contributed by atoms with Crippen molar-refractivity contribution >= 4 is 6.08 Å². The molecule has 0 N–H and O–H groups in total. The molecule has 0 amide bonds. The van der Waals surface area contributed by atoms with Crippen molar-refractivity contribution in [2.75, 3.05) is 6.61 Å². The maximum Gasteiger partial charge on any atom is 0.0793 e. The Kier molecular flexibility index (Phi) is 4.05. The maximum atomic E-state index is 6.13. The normalized spacial score (nSPS) is 26.7. The Morgan fingerprint density at radius 2 is 1.91 bits per heavy atom. The third kappa shape index (κ3) is 2.98. The van der Waals surface area contributed by atoms with Crippen LogP contribution in [0.1, 0.15) is 41.0 Å². The smallest absolute Gasteiger partial charge is 0.0793 e. The maximum absolute atomic E-state index is 6.13. The second kappa shape index (κ2) is 6.33. The van der Waals surface area contributed by atoms with Crippen LogP contribution >= 0.6 is 0 Å². The van der Waals surface area contributed by atoms with E-state index in [2.05, 4.69) is 67.6 Å². The first-order valence-electron chi connectivity index (χ1n) is 8.75. The minimum absolute atomic E-state index is 0.252. The molecule has 0 radical (unpaired) electrons. The molecule has 2 aromatic carbocycles. The lowest BCUT2D eigenvalue weighted by atomic mass is 9.70. The van der Waals surface area contributed by atoms with E-state index in [1.165, 1.54) is 24.0 Å². The molecule has 3 atom stereocenters. The van der Waals surface area contributed by atoms with E-state index in [0.717, 1.165) is 13.0 Å². The zero-order valence-electron chi connectivity index (χ0n) is 13.7. The highest BCUT2D eigenvalue weighted by atomic mass is 16.5. The summed E-state index contributed by atoms with van der Waals surface area (Å²) < 4.78 is 6.13. The fraction of sp³-hybridized carbons (Fsp3) is 0.364. The van der Waals surface area contributed by atoms with Gasteiger partial charge in [-0.05, 0) is 54.7 Å². The van der Waals surface area contributed by atoms with Crippen molar-refractivity contribution in [2.45, 2.75) is 38.2 Å². The largest absolute Gasteiger partial charge is 0.374 e. The number of benzene rings is 2. The molecule has 4 rings (SSSR count). The summed E-state index contributed by atoms with van der Waals surface area (Å²) >= 11 is 0. The lowest BCUT2D eigenvalue weighted by molar-refractivity contribution is -0.0148. The molecule has 1 aliphatic carbocycles. The van der Waals surface area contributed by atoms with Crippen LogP contribution in [-0.2, 0) is 11.2 Å². The van der Waals surface area contributed by atoms with E-state index in [0.29, 0.717) is 11.8 Å². The molecule has 1 heteroatoms. The zero-order chi connectivity index (χ0) is 15.6. The minimum Gasteiger partial charge on any atom is -0.374 e. The lowest BCUT2D eigenvalue weighted by Crippen LogP contribution is -2.37. The van der Waals surface area contributed by atoms with Crippen molar-refractivity contribution < 1.29 is 4.74 Å². The number of fused-ring (bicyclic) bond motifs is 3. The van der Waals surface area contributed by atoms with Crippen LogP contribution in [0.2, 0.25) is 0 Å². The first-order chi connectivity index (χ1) is 11.3. The summed E-state index contributed by atoms with van der Waals surface area (Å²) in [6, 6.07) is 17.5. The van der Waals surface area contributed by atoms with Crippen LogP contribution in [0.4, 0.5) is 0 Å². The molecule has 1 heterocycles. The van der Waals surface area contributed by atoms with Gasteiger partial charge in [0.05, 0.1) is 6.10 Å². The standard InChI is InChI=1S/C22H24O/c1-16-7-9-18-10-11-20-19(21(18)15-16)13-14-23-22(20)12-8-17-5-3-2-4-6-17/h2-9,12,15,19-20,22H,10-11,13-14H2,1H3/b12-8+/t19-,20-,22-/m1/s1. The highest BCUT2D eigenvalue weighted by molar-refractivity contribution is 5.49. The molecule has 0 spiro atoms. The Balaban J connectivity index is 1.59. The van der Waals surface area contributed by atoms with Crippen molar-refractivity contribution in [3.8, 4) is 0 Å². The van der Waals surface area contributed by atoms with Crippen LogP contribution in [0.5, 0.6) is 0 Å². The van der Waals surface area contributed by atoms with Gasteiger partial charge in [0.25, 0.3) is 0 Å². The molecular formula is C22H24O. The predicted molar refractivity (Wildman–Crippen MR) is 95.6 cm³/mol. The summed E-state index contributed by atoms with van der Waals surface area (Å²) in [5, 5.41) is 0. The topological polar surface area (TPSA) is 9.23 Å². The van der Waals surface area contributed by atoms with Crippen molar-refractivity contribution in [1.82, 2.24) is 0 Å². The van der Waals surface area contributed by atoms with Crippen molar-refractivity contribution in [1.29, 1.82) is 0 Å². The number of rotatable bonds is 2. The van der Waals surface area contributed by atoms with Gasteiger partial charge in [-0.1, -0.05) is 66.2 Å². The third-order valence-electron chi connectivity index (χ3n) is 5.40. The van der Waals surface area contributed by atoms with E-state index in [-0.39, 0.29) is 6.10 Å². The second-order valence-corrected chi connectivity index (χ2v) is 6.91. The van der Waals surface area contributed by atoms with Gasteiger partial charge in [0.15, 0.2) is 0 Å². The Morgan fingerprint density at radius 3 is 2.78 bits per heavy atom. The molecule has 2 aliphatic rings. The molecule has 0 unspecified atom stereocenters. The minimum atomic E-state index is 0.252. The fourth-order valence-corrected chi connectivity index (χ4v) is 4.23. The van der Waals surface area contributed by atoms with Gasteiger partial charge in [-0.3, -0.25) is 0 Å². The van der Waals surface area contributed by atoms with Gasteiger partial charge >= 0.3 is 0 Å². The van der Waals surface area contributed by atoms with Gasteiger partial charge < -0.3 is 4.74 Å². The van der Waals surface area contributed by atoms with Crippen LogP contribution in [-0.4, -0.2) is 12.7 Å². The highest BCUT2D eigenvalue weighted by Crippen LogP contribution is 2.44. The molecular weight excluding hydrogens is 280 g/mol. The average Bonchev–Trinajstić information content (AvgIpc) is 2.60. The second-order valence-electron chi connectivity index (χ2n) is 6.91. The van der Waals surface area contributed by atoms with E-state index < -0.39 is 0 Å². The highest BCUT2D eigenvalue weighted by Gasteiger charge is 2.37. The summed E-state index contributed by atoms with van der Waals surface area (Å²) in [5.41, 5.74) is 5.78. The molecule has 1 nitrogen and oxygen atoms in total. The van der Waals surface area contributed by atoms with Crippen LogP contribution in [0.15, 0.2) is 54.6 Å². The summed E-state index contributed by atoms with van der Waals surface area (Å²) in [4.78, 5) is 0. The Labute approximate surface area is 139 Å². The predicted octanol–water partition coefficient (Wildman–Crippen LogP) is 5.14. The molecule has 2 aromatic rings. The summed E-state index contributed by atoms with van der Waals surface area (Å²) in [6.45, 7) is 3.08. The molecule has 1 aliphatic heterocycles. The molecule has 118 valence electrons. The van der Waals surface area contributed by atoms with Crippen LogP contribution in [0.3, 0.4) is 0 Å². The molecule has 1 fully saturated rings. The van der Waals surface area contributed by atoms with Crippen LogP contribution in [0.25, 0.3) is 6.08 Å². The van der Waals surface area contributed by atoms with E-state index in [1.807, 2.05) is 0 Å². The van der Waals surface area contributed by atoms with Crippen molar-refractivity contribution in [3.63, 3.8) is 0 Å². The molecule has 1 saturated heterocycles. The monoisotopic (exact) mass is 304 g/mol. The quantitative estimate of drug-likeness (QED) is 0.746. The Bertz CT molecular complexity index is 701. The van der Waals surface area contributed by atoms with Crippen molar-refractivity contribution in [3.05, 3.63) is 76.9 Å². The summed E-state index contributed by atoms with van der Waals surface area (Å²) in [6.07, 6.45) is 8.35. The van der Waals surface area contributed by atoms with E-state index in [1.54, 1.807) is 11.1 Å². The molecule has 0 aromatic heterocycles. The number of hydrogen-bond donors (Lipinski definition) is 0. The Morgan fingerprint density at radius 1 is 1.04 bits per heavy atom. The lowest BCUT2D eigenvalue weighted by Gasteiger charge is -2.41. The molecule has 0 saturated carbocycles. The average molecular weight is 304 g/mol. The Hall–Kier alpha value is -1.86. The van der Waals surface area contributed by atoms with Gasteiger partial charge in [-0.25, -0.2) is 0 Å². The first-order valence-corrected chi connectivity index (χ1v) is 8.75. The number of aryl methyl sites for hydroxylation is 2. The fourth-order valence-electron chi connectivity index (χ4n) is 4.23. The van der Waals surface area contributed by atoms with Crippen LogP contribution in [0, 0.1) is 12.8 Å². The molecule has 23 heavy (non-hydrogen) atoms. The van der Waals surface area contributed by atoms with Gasteiger partial charge in [-0.2, -0.15) is 0 Å². The number of hydrogen-bond acceptors (Lipinski definition) is 1. The van der Waals surface area contributed by atoms with E-state index in [9.17, 15) is 0 Å². The third-order valence-corrected chi connectivity index (χ3v) is 5.40. The number of ether oxygens (including phenoxy) is 1. The van der Waals surface area contributed by atoms with E-state index in [4.69, 9.17) is 4.74 Å². The SMILES string of the molecule is Cc1ccc2c(c1)[C@@H]1CCO[C@H](/C=C/c3ccccc3)[C@@H]1CC2. The van der Waals surface area contributed by atoms with E-state index >= 15 is 0 Å². The van der Waals surface area contributed by atoms with Gasteiger partial charge in [0.2, 0.25) is 0 Å². The van der Waals surface area contributed by atoms with Gasteiger partial charge in [-0.15, -0.1) is 0 Å². The van der Waals surface area contributed by atoms with Crippen molar-refractivity contribution in [2.24, 2.45) is 5.92 Å². The molecule has 0 bridgehead atoms. The van der Waals surface area contributed by atoms with Gasteiger partial charge in [0.1, 0.15) is 0 Å². The van der Waals surface area contributed by atoms with Crippen LogP contribution < -0.4 is 0 Å². The zero-order valence-corrected chi connectivity index (χ0v) is 13.7. The summed E-state index contributed by atoms with van der Waals surface area (Å²) in [5.74, 6) is 1.29. The summed E-state index contributed by atoms with van der Waals surface area (Å²) in [7, 11) is 0. The first kappa shape index (κ1) is 14.7. The van der Waals surface area contributed by atoms with Gasteiger partial charge in [0, 0.05) is 6.61 Å².